The summed E-state index contributed by atoms with van der Waals surface area (Å²) in [5, 5.41) is 0.230. The first-order chi connectivity index (χ1) is 9.13. The van der Waals surface area contributed by atoms with Crippen molar-refractivity contribution in [2.45, 2.75) is 18.9 Å². The lowest BCUT2D eigenvalue weighted by Gasteiger charge is -2.42. The summed E-state index contributed by atoms with van der Waals surface area (Å²) in [4.78, 5) is 24.6. The first kappa shape index (κ1) is 12.6. The standard InChI is InChI=1S/C12H15ClN4O2/c1-16-8(6-19-2)11(18)17-5-3-4-7-9(17)10(16)15-12(13)14-7/h8H,3-6H2,1-2H3/t8-/m0/s1. The van der Waals surface area contributed by atoms with Crippen LogP contribution in [0.25, 0.3) is 0 Å². The lowest BCUT2D eigenvalue weighted by atomic mass is 10.0. The van der Waals surface area contributed by atoms with Gasteiger partial charge < -0.3 is 14.5 Å². The third-order valence-corrected chi connectivity index (χ3v) is 3.82. The van der Waals surface area contributed by atoms with Gasteiger partial charge in [0, 0.05) is 20.7 Å². The van der Waals surface area contributed by atoms with Crippen molar-refractivity contribution < 1.29 is 9.53 Å². The van der Waals surface area contributed by atoms with Crippen molar-refractivity contribution >= 4 is 29.0 Å². The predicted molar refractivity (Wildman–Crippen MR) is 71.8 cm³/mol. The average molecular weight is 283 g/mol. The van der Waals surface area contributed by atoms with Gasteiger partial charge in [0.25, 0.3) is 5.91 Å². The number of carbonyl (C=O) groups is 1. The number of rotatable bonds is 2. The lowest BCUT2D eigenvalue weighted by molar-refractivity contribution is -0.121. The van der Waals surface area contributed by atoms with E-state index >= 15 is 0 Å². The molecule has 0 spiro atoms. The predicted octanol–water partition coefficient (Wildman–Crippen LogP) is 0.874. The molecular formula is C12H15ClN4O2. The summed E-state index contributed by atoms with van der Waals surface area (Å²) in [7, 11) is 3.43. The Morgan fingerprint density at radius 1 is 1.47 bits per heavy atom. The maximum atomic E-state index is 12.5. The Morgan fingerprint density at radius 3 is 3.00 bits per heavy atom. The van der Waals surface area contributed by atoms with Gasteiger partial charge in [-0.1, -0.05) is 0 Å². The van der Waals surface area contributed by atoms with Gasteiger partial charge >= 0.3 is 0 Å². The number of likely N-dealkylation sites (N-methyl/N-ethyl adjacent to an activating group) is 1. The maximum Gasteiger partial charge on any atom is 0.252 e. The molecule has 0 saturated heterocycles. The Morgan fingerprint density at radius 2 is 2.26 bits per heavy atom. The van der Waals surface area contributed by atoms with Gasteiger partial charge in [0.1, 0.15) is 11.7 Å². The average Bonchev–Trinajstić information content (AvgIpc) is 2.40. The number of aromatic nitrogens is 2. The zero-order chi connectivity index (χ0) is 13.6. The number of aryl methyl sites for hydroxylation is 1. The van der Waals surface area contributed by atoms with E-state index in [1.807, 2.05) is 11.9 Å². The molecule has 0 aromatic carbocycles. The fourth-order valence-electron chi connectivity index (χ4n) is 2.73. The Hall–Kier alpha value is -1.40. The van der Waals surface area contributed by atoms with Gasteiger partial charge in [-0.2, -0.15) is 4.98 Å². The second kappa shape index (κ2) is 4.61. The van der Waals surface area contributed by atoms with Crippen LogP contribution >= 0.6 is 11.6 Å². The van der Waals surface area contributed by atoms with E-state index in [-0.39, 0.29) is 17.2 Å². The summed E-state index contributed by atoms with van der Waals surface area (Å²) < 4.78 is 5.14. The number of hydrogen-bond acceptors (Lipinski definition) is 5. The van der Waals surface area contributed by atoms with Crippen LogP contribution in [-0.4, -0.2) is 49.2 Å². The van der Waals surface area contributed by atoms with Crippen molar-refractivity contribution in [3.8, 4) is 0 Å². The van der Waals surface area contributed by atoms with E-state index in [2.05, 4.69) is 9.97 Å². The van der Waals surface area contributed by atoms with E-state index in [1.165, 1.54) is 0 Å². The number of ether oxygens (including phenoxy) is 1. The molecule has 2 aliphatic heterocycles. The van der Waals surface area contributed by atoms with Crippen molar-refractivity contribution in [2.75, 3.05) is 37.1 Å². The van der Waals surface area contributed by atoms with Crippen LogP contribution in [0.15, 0.2) is 0 Å². The van der Waals surface area contributed by atoms with Gasteiger partial charge in [0.15, 0.2) is 5.82 Å². The second-order valence-electron chi connectivity index (χ2n) is 4.79. The van der Waals surface area contributed by atoms with Crippen LogP contribution in [0, 0.1) is 0 Å². The summed E-state index contributed by atoms with van der Waals surface area (Å²) in [6, 6.07) is -0.352. The van der Waals surface area contributed by atoms with Crippen LogP contribution in [0.4, 0.5) is 11.5 Å². The maximum absolute atomic E-state index is 12.5. The summed E-state index contributed by atoms with van der Waals surface area (Å²) in [5.74, 6) is 0.764. The van der Waals surface area contributed by atoms with Crippen LogP contribution in [-0.2, 0) is 16.0 Å². The molecule has 3 rings (SSSR count). The van der Waals surface area contributed by atoms with E-state index in [9.17, 15) is 4.79 Å². The largest absolute Gasteiger partial charge is 0.382 e. The highest BCUT2D eigenvalue weighted by Gasteiger charge is 2.40. The van der Waals surface area contributed by atoms with Crippen LogP contribution in [0.2, 0.25) is 5.28 Å². The Bertz CT molecular complexity index is 537. The van der Waals surface area contributed by atoms with Crippen LogP contribution in [0.5, 0.6) is 0 Å². The fourth-order valence-corrected chi connectivity index (χ4v) is 2.91. The monoisotopic (exact) mass is 282 g/mol. The van der Waals surface area contributed by atoms with Crippen molar-refractivity contribution in [3.63, 3.8) is 0 Å². The normalized spacial score (nSPS) is 21.6. The van der Waals surface area contributed by atoms with Crippen LogP contribution in [0.3, 0.4) is 0 Å². The molecular weight excluding hydrogens is 268 g/mol. The summed E-state index contributed by atoms with van der Waals surface area (Å²) in [6.45, 7) is 1.04. The highest BCUT2D eigenvalue weighted by atomic mass is 35.5. The number of carbonyl (C=O) groups excluding carboxylic acids is 1. The summed E-state index contributed by atoms with van der Waals surface area (Å²) in [5.41, 5.74) is 1.67. The van der Waals surface area contributed by atoms with Gasteiger partial charge in [-0.05, 0) is 24.4 Å². The molecule has 102 valence electrons. The van der Waals surface area contributed by atoms with Crippen molar-refractivity contribution in [1.29, 1.82) is 0 Å². The number of nitrogens with zero attached hydrogens (tertiary/aromatic N) is 4. The number of halogens is 1. The van der Waals surface area contributed by atoms with E-state index in [0.29, 0.717) is 13.2 Å². The first-order valence-corrected chi connectivity index (χ1v) is 6.61. The number of anilines is 2. The molecule has 1 aromatic heterocycles. The topological polar surface area (TPSA) is 58.6 Å². The smallest absolute Gasteiger partial charge is 0.252 e. The number of hydrogen-bond donors (Lipinski definition) is 0. The molecule has 0 fully saturated rings. The summed E-state index contributed by atoms with van der Waals surface area (Å²) in [6.07, 6.45) is 1.73. The quantitative estimate of drug-likeness (QED) is 0.754. The van der Waals surface area contributed by atoms with Crippen molar-refractivity contribution in [2.24, 2.45) is 0 Å². The molecule has 19 heavy (non-hydrogen) atoms. The molecule has 2 aliphatic rings. The minimum absolute atomic E-state index is 0.0451. The molecule has 0 bridgehead atoms. The van der Waals surface area contributed by atoms with Crippen LogP contribution in [0.1, 0.15) is 12.1 Å². The second-order valence-corrected chi connectivity index (χ2v) is 5.13. The van der Waals surface area contributed by atoms with Gasteiger partial charge in [-0.25, -0.2) is 4.98 Å². The molecule has 6 nitrogen and oxygen atoms in total. The molecule has 3 heterocycles. The Balaban J connectivity index is 2.15. The molecule has 7 heteroatoms. The van der Waals surface area contributed by atoms with Gasteiger partial charge in [-0.15, -0.1) is 0 Å². The highest BCUT2D eigenvalue weighted by Crippen LogP contribution is 2.39. The number of amides is 1. The highest BCUT2D eigenvalue weighted by molar-refractivity contribution is 6.28. The van der Waals surface area contributed by atoms with E-state index in [0.717, 1.165) is 30.0 Å². The van der Waals surface area contributed by atoms with E-state index in [1.54, 1.807) is 12.0 Å². The third kappa shape index (κ3) is 1.86. The Kier molecular flexibility index (Phi) is 3.06. The van der Waals surface area contributed by atoms with Gasteiger partial charge in [0.05, 0.1) is 12.3 Å². The zero-order valence-electron chi connectivity index (χ0n) is 10.9. The van der Waals surface area contributed by atoms with Crippen molar-refractivity contribution in [3.05, 3.63) is 11.0 Å². The van der Waals surface area contributed by atoms with E-state index < -0.39 is 0 Å². The van der Waals surface area contributed by atoms with Crippen molar-refractivity contribution in [1.82, 2.24) is 9.97 Å². The molecule has 0 radical (unpaired) electrons. The Labute approximate surface area is 116 Å². The first-order valence-electron chi connectivity index (χ1n) is 6.23. The van der Waals surface area contributed by atoms with Crippen LogP contribution < -0.4 is 9.80 Å². The van der Waals surface area contributed by atoms with E-state index in [4.69, 9.17) is 16.3 Å². The molecule has 0 saturated carbocycles. The molecule has 0 unspecified atom stereocenters. The fraction of sp³-hybridized carbons (Fsp3) is 0.583. The number of methoxy groups -OCH3 is 1. The summed E-state index contributed by atoms with van der Waals surface area (Å²) >= 11 is 5.98. The van der Waals surface area contributed by atoms with Gasteiger partial charge in [0.2, 0.25) is 5.28 Å². The molecule has 0 aliphatic carbocycles. The molecule has 0 N–H and O–H groups in total. The minimum atomic E-state index is -0.352. The molecule has 1 aromatic rings. The minimum Gasteiger partial charge on any atom is -0.382 e. The van der Waals surface area contributed by atoms with Gasteiger partial charge in [-0.3, -0.25) is 4.79 Å². The third-order valence-electron chi connectivity index (χ3n) is 3.65. The zero-order valence-corrected chi connectivity index (χ0v) is 11.6. The lowest BCUT2D eigenvalue weighted by Crippen LogP contribution is -2.56. The molecule has 1 atom stereocenters. The molecule has 1 amide bonds. The SMILES string of the molecule is COC[C@H]1C(=O)N2CCCc3nc(Cl)nc(c32)N1C.